The summed E-state index contributed by atoms with van der Waals surface area (Å²) in [5.41, 5.74) is 0.514. The zero-order valence-electron chi connectivity index (χ0n) is 10.4. The van der Waals surface area contributed by atoms with Gasteiger partial charge in [-0.25, -0.2) is 4.39 Å². The molecule has 0 saturated heterocycles. The van der Waals surface area contributed by atoms with Crippen LogP contribution >= 0.6 is 23.4 Å². The van der Waals surface area contributed by atoms with E-state index in [4.69, 9.17) is 11.6 Å². The summed E-state index contributed by atoms with van der Waals surface area (Å²) in [6.45, 7) is 0.931. The lowest BCUT2D eigenvalue weighted by Gasteiger charge is -2.09. The molecule has 0 aliphatic rings. The predicted molar refractivity (Wildman–Crippen MR) is 75.9 cm³/mol. The monoisotopic (exact) mass is 290 g/mol. The Balaban J connectivity index is 2.33. The Labute approximate surface area is 116 Å². The van der Waals surface area contributed by atoms with Gasteiger partial charge in [0.25, 0.3) is 0 Å². The Morgan fingerprint density at radius 1 is 1.50 bits per heavy atom. The van der Waals surface area contributed by atoms with Crippen molar-refractivity contribution in [2.45, 2.75) is 0 Å². The number of carbonyl (C=O) groups is 1. The Morgan fingerprint density at radius 2 is 2.22 bits per heavy atom. The minimum absolute atomic E-state index is 0.00746. The molecule has 0 radical (unpaired) electrons. The number of thioether (sulfide) groups is 1. The average molecular weight is 291 g/mol. The van der Waals surface area contributed by atoms with Crippen molar-refractivity contribution < 1.29 is 9.18 Å². The van der Waals surface area contributed by atoms with Gasteiger partial charge in [0, 0.05) is 18.0 Å². The molecule has 0 aliphatic heterocycles. The normalized spacial score (nSPS) is 10.7. The molecule has 6 heteroatoms. The molecular weight excluding hydrogens is 275 g/mol. The number of nitrogens with zero attached hydrogens (tertiary/aromatic N) is 1. The maximum atomic E-state index is 12.9. The van der Waals surface area contributed by atoms with E-state index in [1.165, 1.54) is 18.2 Å². The Morgan fingerprint density at radius 3 is 2.83 bits per heavy atom. The lowest BCUT2D eigenvalue weighted by Crippen LogP contribution is -2.18. The first-order valence-electron chi connectivity index (χ1n) is 5.46. The average Bonchev–Trinajstić information content (AvgIpc) is 2.29. The van der Waals surface area contributed by atoms with Gasteiger partial charge in [-0.15, -0.1) is 0 Å². The van der Waals surface area contributed by atoms with E-state index in [1.807, 2.05) is 14.1 Å². The summed E-state index contributed by atoms with van der Waals surface area (Å²) in [6, 6.07) is 4.13. The molecule has 0 unspecified atom stereocenters. The molecule has 1 N–H and O–H groups in total. The fourth-order valence-corrected chi connectivity index (χ4v) is 2.26. The van der Waals surface area contributed by atoms with Gasteiger partial charge in [0.05, 0.1) is 10.8 Å². The Hall–Kier alpha value is -0.780. The van der Waals surface area contributed by atoms with Crippen molar-refractivity contribution in [3.63, 3.8) is 0 Å². The molecule has 0 fully saturated rings. The highest BCUT2D eigenvalue weighted by Crippen LogP contribution is 2.19. The number of hydrogen-bond donors (Lipinski definition) is 1. The zero-order chi connectivity index (χ0) is 13.5. The van der Waals surface area contributed by atoms with Crippen LogP contribution in [-0.4, -0.2) is 43.0 Å². The van der Waals surface area contributed by atoms with Gasteiger partial charge in [-0.2, -0.15) is 11.8 Å². The van der Waals surface area contributed by atoms with Crippen molar-refractivity contribution in [3.8, 4) is 0 Å². The van der Waals surface area contributed by atoms with E-state index in [0.717, 1.165) is 12.3 Å². The van der Waals surface area contributed by atoms with Crippen LogP contribution in [0.2, 0.25) is 5.02 Å². The van der Waals surface area contributed by atoms with Gasteiger partial charge >= 0.3 is 0 Å². The highest BCUT2D eigenvalue weighted by atomic mass is 35.5. The number of hydrogen-bond acceptors (Lipinski definition) is 3. The summed E-state index contributed by atoms with van der Waals surface area (Å²) in [6.07, 6.45) is 0. The molecular formula is C12H16ClFN2OS. The van der Waals surface area contributed by atoms with Crippen LogP contribution in [0.15, 0.2) is 18.2 Å². The van der Waals surface area contributed by atoms with E-state index >= 15 is 0 Å². The summed E-state index contributed by atoms with van der Waals surface area (Å²) in [5.74, 6) is 0.671. The second kappa shape index (κ2) is 7.61. The molecule has 1 amide bonds. The number of rotatable bonds is 6. The third-order valence-electron chi connectivity index (χ3n) is 2.12. The Bertz CT molecular complexity index is 415. The van der Waals surface area contributed by atoms with Crippen molar-refractivity contribution in [2.24, 2.45) is 0 Å². The van der Waals surface area contributed by atoms with Crippen molar-refractivity contribution in [1.29, 1.82) is 0 Å². The molecule has 0 atom stereocenters. The third kappa shape index (κ3) is 5.71. The van der Waals surface area contributed by atoms with E-state index in [0.29, 0.717) is 11.4 Å². The number of nitrogens with one attached hydrogen (secondary N) is 1. The summed E-state index contributed by atoms with van der Waals surface area (Å²) in [5, 5.41) is 2.68. The molecule has 3 nitrogen and oxygen atoms in total. The molecule has 0 aliphatic carbocycles. The van der Waals surface area contributed by atoms with Crippen LogP contribution < -0.4 is 5.32 Å². The fraction of sp³-hybridized carbons (Fsp3) is 0.417. The van der Waals surface area contributed by atoms with Crippen molar-refractivity contribution in [3.05, 3.63) is 29.0 Å². The van der Waals surface area contributed by atoms with Crippen LogP contribution in [0.25, 0.3) is 0 Å². The SMILES string of the molecule is CN(C)CCSCC(=O)Nc1ccc(F)c(Cl)c1. The number of amides is 1. The molecule has 0 heterocycles. The minimum atomic E-state index is -0.491. The third-order valence-corrected chi connectivity index (χ3v) is 3.35. The highest BCUT2D eigenvalue weighted by Gasteiger charge is 2.05. The second-order valence-corrected chi connectivity index (χ2v) is 5.55. The van der Waals surface area contributed by atoms with Crippen LogP contribution in [0.1, 0.15) is 0 Å². The van der Waals surface area contributed by atoms with E-state index in [9.17, 15) is 9.18 Å². The Kier molecular flexibility index (Phi) is 6.46. The molecule has 0 aromatic heterocycles. The molecule has 1 aromatic carbocycles. The van der Waals surface area contributed by atoms with Gasteiger partial charge in [0.15, 0.2) is 0 Å². The number of carbonyl (C=O) groups excluding carboxylic acids is 1. The quantitative estimate of drug-likeness (QED) is 0.818. The van der Waals surface area contributed by atoms with E-state index in [2.05, 4.69) is 10.2 Å². The molecule has 0 bridgehead atoms. The molecule has 18 heavy (non-hydrogen) atoms. The van der Waals surface area contributed by atoms with E-state index in [-0.39, 0.29) is 10.9 Å². The van der Waals surface area contributed by atoms with Crippen LogP contribution in [0.4, 0.5) is 10.1 Å². The van der Waals surface area contributed by atoms with Crippen molar-refractivity contribution >= 4 is 35.0 Å². The smallest absolute Gasteiger partial charge is 0.234 e. The summed E-state index contributed by atoms with van der Waals surface area (Å²) in [4.78, 5) is 13.6. The molecule has 1 rings (SSSR count). The number of halogens is 2. The molecule has 100 valence electrons. The van der Waals surface area contributed by atoms with Crippen LogP contribution in [0, 0.1) is 5.82 Å². The maximum absolute atomic E-state index is 12.9. The lowest BCUT2D eigenvalue weighted by atomic mass is 10.3. The first-order valence-corrected chi connectivity index (χ1v) is 6.99. The van der Waals surface area contributed by atoms with Crippen molar-refractivity contribution in [1.82, 2.24) is 4.90 Å². The number of benzene rings is 1. The van der Waals surface area contributed by atoms with E-state index in [1.54, 1.807) is 11.8 Å². The summed E-state index contributed by atoms with van der Waals surface area (Å²) < 4.78 is 12.9. The fourth-order valence-electron chi connectivity index (χ4n) is 1.18. The van der Waals surface area contributed by atoms with E-state index < -0.39 is 5.82 Å². The van der Waals surface area contributed by atoms with Crippen LogP contribution in [-0.2, 0) is 4.79 Å². The lowest BCUT2D eigenvalue weighted by molar-refractivity contribution is -0.113. The van der Waals surface area contributed by atoms with Gasteiger partial charge in [0.2, 0.25) is 5.91 Å². The standard InChI is InChI=1S/C12H16ClFN2OS/c1-16(2)5-6-18-8-12(17)15-9-3-4-11(14)10(13)7-9/h3-4,7H,5-6,8H2,1-2H3,(H,15,17). The van der Waals surface area contributed by atoms with Gasteiger partial charge in [-0.1, -0.05) is 11.6 Å². The zero-order valence-corrected chi connectivity index (χ0v) is 11.9. The van der Waals surface area contributed by atoms with Gasteiger partial charge < -0.3 is 10.2 Å². The second-order valence-electron chi connectivity index (χ2n) is 4.03. The van der Waals surface area contributed by atoms with Gasteiger partial charge in [0.1, 0.15) is 5.82 Å². The van der Waals surface area contributed by atoms with Crippen molar-refractivity contribution in [2.75, 3.05) is 37.5 Å². The highest BCUT2D eigenvalue weighted by molar-refractivity contribution is 7.99. The van der Waals surface area contributed by atoms with Crippen LogP contribution in [0.3, 0.4) is 0 Å². The summed E-state index contributed by atoms with van der Waals surface area (Å²) in [7, 11) is 3.97. The first kappa shape index (κ1) is 15.3. The molecule has 0 saturated carbocycles. The largest absolute Gasteiger partial charge is 0.325 e. The molecule has 0 spiro atoms. The van der Waals surface area contributed by atoms with Crippen LogP contribution in [0.5, 0.6) is 0 Å². The number of anilines is 1. The van der Waals surface area contributed by atoms with Gasteiger partial charge in [-0.3, -0.25) is 4.79 Å². The maximum Gasteiger partial charge on any atom is 0.234 e. The van der Waals surface area contributed by atoms with Gasteiger partial charge in [-0.05, 0) is 32.3 Å². The minimum Gasteiger partial charge on any atom is -0.325 e. The molecule has 1 aromatic rings. The first-order chi connectivity index (χ1) is 8.49. The summed E-state index contributed by atoms with van der Waals surface area (Å²) >= 11 is 7.18. The topological polar surface area (TPSA) is 32.3 Å². The predicted octanol–water partition coefficient (Wildman–Crippen LogP) is 2.71.